The summed E-state index contributed by atoms with van der Waals surface area (Å²) in [4.78, 5) is 10.8. The van der Waals surface area contributed by atoms with E-state index in [4.69, 9.17) is 9.84 Å². The molecule has 0 radical (unpaired) electrons. The minimum Gasteiger partial charge on any atom is -0.488 e. The molecule has 0 heterocycles. The van der Waals surface area contributed by atoms with E-state index in [1.54, 1.807) is 0 Å². The molecule has 0 spiro atoms. The fourth-order valence-corrected chi connectivity index (χ4v) is 1.11. The van der Waals surface area contributed by atoms with Crippen LogP contribution in [0.1, 0.15) is 23.7 Å². The van der Waals surface area contributed by atoms with Gasteiger partial charge in [0, 0.05) is 0 Å². The summed E-state index contributed by atoms with van der Waals surface area (Å²) in [6.07, 6.45) is 0.734. The van der Waals surface area contributed by atoms with Gasteiger partial charge in [0.2, 0.25) is 0 Å². The van der Waals surface area contributed by atoms with Crippen molar-refractivity contribution in [2.24, 2.45) is 0 Å². The van der Waals surface area contributed by atoms with Crippen molar-refractivity contribution in [3.63, 3.8) is 0 Å². The molecular formula is C12H13FO3. The van der Waals surface area contributed by atoms with Crippen LogP contribution in [0.5, 0.6) is 5.75 Å². The van der Waals surface area contributed by atoms with Crippen LogP contribution in [0.2, 0.25) is 0 Å². The zero-order chi connectivity index (χ0) is 12.1. The zero-order valence-electron chi connectivity index (χ0n) is 9.00. The number of ether oxygens (including phenoxy) is 1. The average molecular weight is 224 g/mol. The number of carboxylic acid groups (broad SMARTS) is 1. The van der Waals surface area contributed by atoms with Crippen molar-refractivity contribution in [2.45, 2.75) is 13.3 Å². The molecule has 4 heteroatoms. The van der Waals surface area contributed by atoms with Crippen LogP contribution in [0.15, 0.2) is 30.4 Å². The summed E-state index contributed by atoms with van der Waals surface area (Å²) in [6, 6.07) is 3.92. The van der Waals surface area contributed by atoms with Crippen molar-refractivity contribution < 1.29 is 19.0 Å². The molecule has 1 aromatic rings. The lowest BCUT2D eigenvalue weighted by Gasteiger charge is -2.10. The molecule has 1 N–H and O–H groups in total. The van der Waals surface area contributed by atoms with Crippen LogP contribution in [0.25, 0.3) is 0 Å². The highest BCUT2D eigenvalue weighted by atomic mass is 19.1. The van der Waals surface area contributed by atoms with Gasteiger partial charge in [-0.2, -0.15) is 0 Å². The summed E-state index contributed by atoms with van der Waals surface area (Å²) in [5.74, 6) is -2.11. The van der Waals surface area contributed by atoms with Crippen molar-refractivity contribution in [3.05, 3.63) is 41.7 Å². The highest BCUT2D eigenvalue weighted by Gasteiger charge is 2.16. The molecule has 0 aromatic heterocycles. The van der Waals surface area contributed by atoms with Gasteiger partial charge in [-0.3, -0.25) is 0 Å². The van der Waals surface area contributed by atoms with Crippen LogP contribution < -0.4 is 4.74 Å². The van der Waals surface area contributed by atoms with Gasteiger partial charge in [0.05, 0.1) is 0 Å². The van der Waals surface area contributed by atoms with E-state index in [0.717, 1.165) is 18.1 Å². The molecule has 1 aromatic carbocycles. The Balaban J connectivity index is 2.91. The lowest BCUT2D eigenvalue weighted by atomic mass is 10.2. The smallest absolute Gasteiger partial charge is 0.342 e. The molecule has 0 saturated heterocycles. The summed E-state index contributed by atoms with van der Waals surface area (Å²) in [6.45, 7) is 5.83. The Hall–Kier alpha value is -1.84. The second kappa shape index (κ2) is 5.30. The predicted molar refractivity (Wildman–Crippen MR) is 58.3 cm³/mol. The highest BCUT2D eigenvalue weighted by Crippen LogP contribution is 2.22. The predicted octanol–water partition coefficient (Wildman–Crippen LogP) is 2.87. The zero-order valence-corrected chi connectivity index (χ0v) is 9.00. The molecule has 0 bridgehead atoms. The van der Waals surface area contributed by atoms with Crippen LogP contribution in [0.4, 0.5) is 4.39 Å². The lowest BCUT2D eigenvalue weighted by Crippen LogP contribution is -2.07. The Morgan fingerprint density at radius 2 is 2.25 bits per heavy atom. The number of carbonyl (C=O) groups is 1. The first kappa shape index (κ1) is 12.2. The van der Waals surface area contributed by atoms with Gasteiger partial charge < -0.3 is 9.84 Å². The van der Waals surface area contributed by atoms with Crippen LogP contribution >= 0.6 is 0 Å². The summed E-state index contributed by atoms with van der Waals surface area (Å²) in [5, 5.41) is 8.83. The van der Waals surface area contributed by atoms with Gasteiger partial charge >= 0.3 is 5.97 Å². The molecule has 0 aliphatic rings. The van der Waals surface area contributed by atoms with E-state index in [2.05, 4.69) is 6.58 Å². The first-order chi connectivity index (χ1) is 7.56. The molecule has 3 nitrogen and oxygen atoms in total. The summed E-state index contributed by atoms with van der Waals surface area (Å²) in [5.41, 5.74) is 0.381. The molecule has 0 saturated carbocycles. The Morgan fingerprint density at radius 3 is 2.81 bits per heavy atom. The topological polar surface area (TPSA) is 46.5 Å². The van der Waals surface area contributed by atoms with E-state index >= 15 is 0 Å². The molecule has 0 amide bonds. The number of halogens is 1. The molecule has 86 valence electrons. The lowest BCUT2D eigenvalue weighted by molar-refractivity contribution is 0.0687. The first-order valence-corrected chi connectivity index (χ1v) is 4.87. The third-order valence-electron chi connectivity index (χ3n) is 2.12. The fourth-order valence-electron chi connectivity index (χ4n) is 1.11. The van der Waals surface area contributed by atoms with Crippen LogP contribution in [0.3, 0.4) is 0 Å². The van der Waals surface area contributed by atoms with E-state index in [0.29, 0.717) is 0 Å². The van der Waals surface area contributed by atoms with Crippen molar-refractivity contribution >= 4 is 5.97 Å². The van der Waals surface area contributed by atoms with E-state index in [1.165, 1.54) is 12.1 Å². The number of hydrogen-bond donors (Lipinski definition) is 1. The maximum absolute atomic E-state index is 13.2. The summed E-state index contributed by atoms with van der Waals surface area (Å²) >= 11 is 0. The number of aromatic carboxylic acids is 1. The monoisotopic (exact) mass is 224 g/mol. The van der Waals surface area contributed by atoms with E-state index < -0.39 is 17.3 Å². The fraction of sp³-hybridized carbons (Fsp3) is 0.250. The molecule has 0 aliphatic heterocycles. The van der Waals surface area contributed by atoms with Gasteiger partial charge in [-0.05, 0) is 24.1 Å². The maximum Gasteiger partial charge on any atom is 0.342 e. The third kappa shape index (κ3) is 2.82. The normalized spacial score (nSPS) is 9.88. The molecule has 0 aliphatic carbocycles. The van der Waals surface area contributed by atoms with Crippen molar-refractivity contribution in [1.82, 2.24) is 0 Å². The largest absolute Gasteiger partial charge is 0.488 e. The van der Waals surface area contributed by atoms with Gasteiger partial charge in [0.25, 0.3) is 0 Å². The van der Waals surface area contributed by atoms with Crippen LogP contribution in [0, 0.1) is 5.82 Å². The first-order valence-electron chi connectivity index (χ1n) is 4.87. The molecule has 0 fully saturated rings. The Labute approximate surface area is 93.2 Å². The van der Waals surface area contributed by atoms with Gasteiger partial charge in [0.1, 0.15) is 23.7 Å². The van der Waals surface area contributed by atoms with E-state index in [9.17, 15) is 9.18 Å². The highest BCUT2D eigenvalue weighted by molar-refractivity contribution is 5.91. The van der Waals surface area contributed by atoms with Crippen molar-refractivity contribution in [3.8, 4) is 5.75 Å². The van der Waals surface area contributed by atoms with Crippen molar-refractivity contribution in [2.75, 3.05) is 6.61 Å². The van der Waals surface area contributed by atoms with Crippen LogP contribution in [-0.4, -0.2) is 17.7 Å². The SMILES string of the molecule is C=C(CC)COc1cccc(F)c1C(=O)O. The second-order valence-corrected chi connectivity index (χ2v) is 3.31. The standard InChI is InChI=1S/C12H13FO3/c1-3-8(2)7-16-10-6-4-5-9(13)11(10)12(14)15/h4-6H,2-3,7H2,1H3,(H,14,15). The Bertz CT molecular complexity index is 413. The van der Waals surface area contributed by atoms with Gasteiger partial charge in [-0.25, -0.2) is 9.18 Å². The molecule has 0 atom stereocenters. The quantitative estimate of drug-likeness (QED) is 0.782. The summed E-state index contributed by atoms with van der Waals surface area (Å²) in [7, 11) is 0. The minimum atomic E-state index is -1.34. The Morgan fingerprint density at radius 1 is 1.56 bits per heavy atom. The molecule has 0 unspecified atom stereocenters. The number of hydrogen-bond acceptors (Lipinski definition) is 2. The number of benzene rings is 1. The second-order valence-electron chi connectivity index (χ2n) is 3.31. The molecule has 16 heavy (non-hydrogen) atoms. The third-order valence-corrected chi connectivity index (χ3v) is 2.12. The summed E-state index contributed by atoms with van der Waals surface area (Å²) < 4.78 is 18.4. The minimum absolute atomic E-state index is 0.0297. The maximum atomic E-state index is 13.2. The average Bonchev–Trinajstić information content (AvgIpc) is 2.25. The van der Waals surface area contributed by atoms with E-state index in [-0.39, 0.29) is 12.4 Å². The Kier molecular flexibility index (Phi) is 4.05. The number of rotatable bonds is 5. The van der Waals surface area contributed by atoms with Gasteiger partial charge in [-0.15, -0.1) is 0 Å². The van der Waals surface area contributed by atoms with Crippen molar-refractivity contribution in [1.29, 1.82) is 0 Å². The van der Waals surface area contributed by atoms with E-state index in [1.807, 2.05) is 6.92 Å². The molecular weight excluding hydrogens is 211 g/mol. The van der Waals surface area contributed by atoms with Gasteiger partial charge in [-0.1, -0.05) is 19.6 Å². The number of carboxylic acids is 1. The van der Waals surface area contributed by atoms with Crippen LogP contribution in [-0.2, 0) is 0 Å². The van der Waals surface area contributed by atoms with Gasteiger partial charge in [0.15, 0.2) is 0 Å². The molecule has 1 rings (SSSR count).